The van der Waals surface area contributed by atoms with Gasteiger partial charge in [-0.15, -0.1) is 5.10 Å². The summed E-state index contributed by atoms with van der Waals surface area (Å²) in [4.78, 5) is 20.5. The molecular formula is C20H18F2N6O. The number of piperazine rings is 1. The highest BCUT2D eigenvalue weighted by molar-refractivity contribution is 5.88. The summed E-state index contributed by atoms with van der Waals surface area (Å²) in [7, 11) is 0. The zero-order chi connectivity index (χ0) is 20.2. The molecule has 7 nitrogen and oxygen atoms in total. The Morgan fingerprint density at radius 2 is 1.76 bits per heavy atom. The first-order chi connectivity index (χ1) is 14.1. The van der Waals surface area contributed by atoms with Crippen LogP contribution in [0.25, 0.3) is 11.3 Å². The molecule has 0 spiro atoms. The van der Waals surface area contributed by atoms with Crippen LogP contribution in [0.15, 0.2) is 54.7 Å². The van der Waals surface area contributed by atoms with Crippen LogP contribution in [0.5, 0.6) is 0 Å². The van der Waals surface area contributed by atoms with Crippen molar-refractivity contribution >= 4 is 17.7 Å². The largest absolute Gasteiger partial charge is 0.353 e. The van der Waals surface area contributed by atoms with Gasteiger partial charge < -0.3 is 9.80 Å². The van der Waals surface area contributed by atoms with Crippen LogP contribution >= 0.6 is 0 Å². The van der Waals surface area contributed by atoms with Gasteiger partial charge in [0.1, 0.15) is 5.82 Å². The molecule has 1 N–H and O–H groups in total. The second-order valence-electron chi connectivity index (χ2n) is 6.50. The van der Waals surface area contributed by atoms with Crippen molar-refractivity contribution in [1.82, 2.24) is 20.1 Å². The van der Waals surface area contributed by atoms with Crippen LogP contribution in [0.3, 0.4) is 0 Å². The number of urea groups is 1. The number of rotatable bonds is 3. The van der Waals surface area contributed by atoms with E-state index in [1.807, 2.05) is 11.0 Å². The highest BCUT2D eigenvalue weighted by atomic mass is 19.2. The average Bonchev–Trinajstić information content (AvgIpc) is 2.76. The summed E-state index contributed by atoms with van der Waals surface area (Å²) >= 11 is 0. The lowest BCUT2D eigenvalue weighted by Gasteiger charge is -2.35. The molecule has 2 aromatic heterocycles. The van der Waals surface area contributed by atoms with Crippen molar-refractivity contribution in [3.05, 3.63) is 66.4 Å². The zero-order valence-corrected chi connectivity index (χ0v) is 15.4. The molecule has 1 aliphatic heterocycles. The van der Waals surface area contributed by atoms with Crippen molar-refractivity contribution in [3.63, 3.8) is 0 Å². The molecular weight excluding hydrogens is 378 g/mol. The fraction of sp³-hybridized carbons (Fsp3) is 0.200. The molecule has 0 aliphatic carbocycles. The van der Waals surface area contributed by atoms with E-state index in [4.69, 9.17) is 0 Å². The summed E-state index contributed by atoms with van der Waals surface area (Å²) < 4.78 is 27.6. The Balaban J connectivity index is 1.42. The summed E-state index contributed by atoms with van der Waals surface area (Å²) in [6.07, 6.45) is 1.53. The Morgan fingerprint density at radius 1 is 0.966 bits per heavy atom. The number of benzene rings is 1. The maximum atomic E-state index is 14.1. The van der Waals surface area contributed by atoms with Gasteiger partial charge in [-0.2, -0.15) is 5.10 Å². The van der Waals surface area contributed by atoms with Gasteiger partial charge in [0.2, 0.25) is 0 Å². The number of aromatic nitrogens is 3. The summed E-state index contributed by atoms with van der Waals surface area (Å²) in [6, 6.07) is 12.4. The molecule has 1 aromatic carbocycles. The second-order valence-corrected chi connectivity index (χ2v) is 6.50. The van der Waals surface area contributed by atoms with Gasteiger partial charge in [-0.25, -0.2) is 18.6 Å². The number of hydrogen-bond donors (Lipinski definition) is 1. The van der Waals surface area contributed by atoms with Gasteiger partial charge in [-0.3, -0.25) is 5.32 Å². The molecule has 2 amide bonds. The maximum absolute atomic E-state index is 14.1. The smallest absolute Gasteiger partial charge is 0.323 e. The average molecular weight is 396 g/mol. The van der Waals surface area contributed by atoms with Crippen LogP contribution in [0.4, 0.5) is 25.2 Å². The van der Waals surface area contributed by atoms with Crippen LogP contribution in [-0.4, -0.2) is 52.3 Å². The lowest BCUT2D eigenvalue weighted by molar-refractivity contribution is 0.208. The van der Waals surface area contributed by atoms with Crippen LogP contribution < -0.4 is 10.2 Å². The van der Waals surface area contributed by atoms with Crippen molar-refractivity contribution in [2.45, 2.75) is 0 Å². The predicted molar refractivity (Wildman–Crippen MR) is 104 cm³/mol. The van der Waals surface area contributed by atoms with Crippen LogP contribution in [0.2, 0.25) is 0 Å². The Morgan fingerprint density at radius 3 is 2.52 bits per heavy atom. The Labute approximate surface area is 166 Å². The van der Waals surface area contributed by atoms with Crippen molar-refractivity contribution in [1.29, 1.82) is 0 Å². The van der Waals surface area contributed by atoms with Crippen LogP contribution in [0.1, 0.15) is 0 Å². The minimum atomic E-state index is -0.914. The number of nitrogens with zero attached hydrogens (tertiary/aromatic N) is 5. The number of anilines is 2. The van der Waals surface area contributed by atoms with Gasteiger partial charge in [0, 0.05) is 37.9 Å². The van der Waals surface area contributed by atoms with E-state index in [1.54, 1.807) is 29.2 Å². The minimum absolute atomic E-state index is 0.119. The van der Waals surface area contributed by atoms with Gasteiger partial charge in [-0.1, -0.05) is 12.1 Å². The molecule has 0 unspecified atom stereocenters. The highest BCUT2D eigenvalue weighted by Gasteiger charge is 2.22. The first kappa shape index (κ1) is 18.7. The van der Waals surface area contributed by atoms with Gasteiger partial charge >= 0.3 is 6.03 Å². The standard InChI is InChI=1S/C20H18F2N6O/c21-15-5-1-4-14(19(15)22)16-6-2-8-18(24-16)27-10-12-28(13-11-27)20(29)25-17-7-3-9-23-26-17/h1-9H,10-13H2,(H,25,26,29). The number of carbonyl (C=O) groups excluding carboxylic acids is 1. The van der Waals surface area contributed by atoms with E-state index in [-0.39, 0.29) is 11.6 Å². The maximum Gasteiger partial charge on any atom is 0.323 e. The van der Waals surface area contributed by atoms with E-state index in [0.717, 1.165) is 6.07 Å². The highest BCUT2D eigenvalue weighted by Crippen LogP contribution is 2.25. The lowest BCUT2D eigenvalue weighted by Crippen LogP contribution is -2.50. The van der Waals surface area contributed by atoms with E-state index >= 15 is 0 Å². The molecule has 1 aliphatic rings. The lowest BCUT2D eigenvalue weighted by atomic mass is 10.1. The molecule has 29 heavy (non-hydrogen) atoms. The van der Waals surface area contributed by atoms with Crippen LogP contribution in [-0.2, 0) is 0 Å². The number of halogens is 2. The number of carbonyl (C=O) groups is 1. The third-order valence-electron chi connectivity index (χ3n) is 4.66. The topological polar surface area (TPSA) is 74.2 Å². The molecule has 0 saturated carbocycles. The van der Waals surface area contributed by atoms with Gasteiger partial charge in [0.25, 0.3) is 0 Å². The van der Waals surface area contributed by atoms with E-state index in [1.165, 1.54) is 18.3 Å². The zero-order valence-electron chi connectivity index (χ0n) is 15.4. The Hall–Kier alpha value is -3.62. The number of nitrogens with one attached hydrogen (secondary N) is 1. The Bertz CT molecular complexity index is 1010. The van der Waals surface area contributed by atoms with E-state index in [9.17, 15) is 13.6 Å². The van der Waals surface area contributed by atoms with Crippen LogP contribution in [0, 0.1) is 11.6 Å². The molecule has 0 atom stereocenters. The molecule has 1 saturated heterocycles. The monoisotopic (exact) mass is 396 g/mol. The fourth-order valence-electron chi connectivity index (χ4n) is 3.15. The molecule has 148 valence electrons. The third-order valence-corrected chi connectivity index (χ3v) is 4.66. The quantitative estimate of drug-likeness (QED) is 0.736. The SMILES string of the molecule is O=C(Nc1cccnn1)N1CCN(c2cccc(-c3cccc(F)c3F)n2)CC1. The molecule has 0 radical (unpaired) electrons. The molecule has 4 rings (SSSR count). The molecule has 1 fully saturated rings. The Kier molecular flexibility index (Phi) is 5.28. The molecule has 3 aromatic rings. The van der Waals surface area contributed by atoms with E-state index < -0.39 is 11.6 Å². The predicted octanol–water partition coefficient (Wildman–Crippen LogP) is 3.17. The van der Waals surface area contributed by atoms with Crippen molar-refractivity contribution in [2.75, 3.05) is 36.4 Å². The van der Waals surface area contributed by atoms with Crippen molar-refractivity contribution in [2.24, 2.45) is 0 Å². The van der Waals surface area contributed by atoms with E-state index in [0.29, 0.717) is 43.5 Å². The van der Waals surface area contributed by atoms with Crippen molar-refractivity contribution < 1.29 is 13.6 Å². The molecule has 9 heteroatoms. The summed E-state index contributed by atoms with van der Waals surface area (Å²) in [5.41, 5.74) is 0.483. The summed E-state index contributed by atoms with van der Waals surface area (Å²) in [5, 5.41) is 10.3. The van der Waals surface area contributed by atoms with E-state index in [2.05, 4.69) is 20.5 Å². The van der Waals surface area contributed by atoms with Gasteiger partial charge in [-0.05, 0) is 36.4 Å². The van der Waals surface area contributed by atoms with Gasteiger partial charge in [0.05, 0.1) is 5.69 Å². The first-order valence-corrected chi connectivity index (χ1v) is 9.12. The van der Waals surface area contributed by atoms with Gasteiger partial charge in [0.15, 0.2) is 17.5 Å². The normalized spacial score (nSPS) is 14.0. The molecule has 0 bridgehead atoms. The fourth-order valence-corrected chi connectivity index (χ4v) is 3.15. The second kappa shape index (κ2) is 8.17. The molecule has 3 heterocycles. The minimum Gasteiger partial charge on any atom is -0.353 e. The number of amides is 2. The summed E-state index contributed by atoms with van der Waals surface area (Å²) in [6.45, 7) is 2.12. The summed E-state index contributed by atoms with van der Waals surface area (Å²) in [5.74, 6) is -0.772. The van der Waals surface area contributed by atoms with Crippen molar-refractivity contribution in [3.8, 4) is 11.3 Å². The number of hydrogen-bond acceptors (Lipinski definition) is 5. The third kappa shape index (κ3) is 4.13. The first-order valence-electron chi connectivity index (χ1n) is 9.12. The number of pyridine rings is 1.